The molecule has 0 radical (unpaired) electrons. The van der Waals surface area contributed by atoms with Gasteiger partial charge in [0.25, 0.3) is 0 Å². The van der Waals surface area contributed by atoms with Gasteiger partial charge in [0.15, 0.2) is 0 Å². The van der Waals surface area contributed by atoms with Crippen molar-refractivity contribution in [1.29, 1.82) is 0 Å². The lowest BCUT2D eigenvalue weighted by atomic mass is 9.93. The molecule has 2 saturated carbocycles. The van der Waals surface area contributed by atoms with E-state index in [-0.39, 0.29) is 23.4 Å². The van der Waals surface area contributed by atoms with E-state index in [1.54, 1.807) is 12.1 Å². The van der Waals surface area contributed by atoms with E-state index in [1.807, 2.05) is 11.0 Å². The van der Waals surface area contributed by atoms with Gasteiger partial charge in [-0.3, -0.25) is 10.1 Å². The molecule has 4 heteroatoms. The molecular weight excluding hydrogens is 267 g/mol. The molecule has 1 aromatic rings. The smallest absolute Gasteiger partial charge is 0.244 e. The molecule has 3 fully saturated rings. The minimum Gasteiger partial charge on any atom is -0.318 e. The number of nitrogens with zero attached hydrogens (tertiary/aromatic N) is 1. The molecule has 1 amide bonds. The summed E-state index contributed by atoms with van der Waals surface area (Å²) in [4.78, 5) is 14.9. The van der Waals surface area contributed by atoms with Crippen LogP contribution in [-0.2, 0) is 4.79 Å². The predicted molar refractivity (Wildman–Crippen MR) is 78.0 cm³/mol. The first-order valence-corrected chi connectivity index (χ1v) is 8.06. The zero-order valence-corrected chi connectivity index (χ0v) is 12.1. The highest BCUT2D eigenvalue weighted by molar-refractivity contribution is 5.92. The Balaban J connectivity index is 1.68. The molecule has 1 aromatic carbocycles. The lowest BCUT2D eigenvalue weighted by Gasteiger charge is -2.35. The molecule has 1 atom stereocenters. The molecule has 1 heterocycles. The van der Waals surface area contributed by atoms with Crippen LogP contribution in [-0.4, -0.2) is 22.4 Å². The number of nitrogens with one attached hydrogen (secondary N) is 1. The highest BCUT2D eigenvalue weighted by Crippen LogP contribution is 2.48. The van der Waals surface area contributed by atoms with Crippen LogP contribution in [0.25, 0.3) is 0 Å². The van der Waals surface area contributed by atoms with E-state index < -0.39 is 0 Å². The molecule has 2 aliphatic carbocycles. The van der Waals surface area contributed by atoms with Crippen LogP contribution in [0.4, 0.5) is 4.39 Å². The molecule has 0 aromatic heterocycles. The van der Waals surface area contributed by atoms with Crippen LogP contribution in [0, 0.1) is 5.82 Å². The Hall–Kier alpha value is -1.42. The summed E-state index contributed by atoms with van der Waals surface area (Å²) in [5.41, 5.74) is 0.534. The fraction of sp³-hybridized carbons (Fsp3) is 0.588. The van der Waals surface area contributed by atoms with Gasteiger partial charge in [-0.2, -0.15) is 0 Å². The van der Waals surface area contributed by atoms with Crippen LogP contribution in [0.15, 0.2) is 24.3 Å². The molecule has 3 nitrogen and oxygen atoms in total. The Morgan fingerprint density at radius 3 is 2.62 bits per heavy atom. The Labute approximate surface area is 124 Å². The van der Waals surface area contributed by atoms with E-state index in [0.29, 0.717) is 6.04 Å². The summed E-state index contributed by atoms with van der Waals surface area (Å²) in [6.07, 6.45) is 7.49. The van der Waals surface area contributed by atoms with Gasteiger partial charge in [-0.15, -0.1) is 0 Å². The number of rotatable bonds is 2. The molecule has 21 heavy (non-hydrogen) atoms. The molecule has 4 rings (SSSR count). The van der Waals surface area contributed by atoms with Crippen molar-refractivity contribution >= 4 is 5.91 Å². The van der Waals surface area contributed by atoms with Gasteiger partial charge in [0.05, 0.1) is 0 Å². The van der Waals surface area contributed by atoms with E-state index in [9.17, 15) is 9.18 Å². The highest BCUT2D eigenvalue weighted by Gasteiger charge is 2.60. The lowest BCUT2D eigenvalue weighted by Crippen LogP contribution is -2.41. The van der Waals surface area contributed by atoms with Crippen molar-refractivity contribution < 1.29 is 9.18 Å². The third-order valence-electron chi connectivity index (χ3n) is 5.22. The van der Waals surface area contributed by atoms with Gasteiger partial charge in [-0.1, -0.05) is 31.4 Å². The Bertz CT molecular complexity index is 564. The zero-order valence-electron chi connectivity index (χ0n) is 12.1. The second-order valence-electron chi connectivity index (χ2n) is 6.69. The van der Waals surface area contributed by atoms with E-state index in [2.05, 4.69) is 5.32 Å². The molecular formula is C17H21FN2O. The molecule has 1 saturated heterocycles. The van der Waals surface area contributed by atoms with Crippen molar-refractivity contribution in [2.75, 3.05) is 0 Å². The topological polar surface area (TPSA) is 32.3 Å². The van der Waals surface area contributed by atoms with E-state index in [0.717, 1.165) is 31.2 Å². The monoisotopic (exact) mass is 288 g/mol. The standard InChI is InChI=1S/C17H21FN2O/c18-13-6-4-5-12(11-13)15-19-17(9-10-17)16(21)20(15)14-7-2-1-3-8-14/h4-6,11,14-15,19H,1-3,7-10H2. The number of benzene rings is 1. The maximum Gasteiger partial charge on any atom is 0.244 e. The minimum atomic E-state index is -0.339. The average molecular weight is 288 g/mol. The van der Waals surface area contributed by atoms with E-state index >= 15 is 0 Å². The maximum atomic E-state index is 13.6. The Kier molecular flexibility index (Phi) is 3.03. The second-order valence-corrected chi connectivity index (χ2v) is 6.69. The van der Waals surface area contributed by atoms with Crippen LogP contribution in [0.1, 0.15) is 56.7 Å². The minimum absolute atomic E-state index is 0.154. The number of amides is 1. The molecule has 1 aliphatic heterocycles. The predicted octanol–water partition coefficient (Wildman–Crippen LogP) is 3.12. The van der Waals surface area contributed by atoms with Gasteiger partial charge in [-0.25, -0.2) is 4.39 Å². The van der Waals surface area contributed by atoms with Crippen LogP contribution >= 0.6 is 0 Å². The Morgan fingerprint density at radius 2 is 1.95 bits per heavy atom. The fourth-order valence-electron chi connectivity index (χ4n) is 3.90. The fourth-order valence-corrected chi connectivity index (χ4v) is 3.90. The van der Waals surface area contributed by atoms with Gasteiger partial charge >= 0.3 is 0 Å². The summed E-state index contributed by atoms with van der Waals surface area (Å²) in [5.74, 6) is 0.00533. The van der Waals surface area contributed by atoms with Crippen molar-refractivity contribution in [2.45, 2.75) is 62.7 Å². The second kappa shape index (κ2) is 4.80. The van der Waals surface area contributed by atoms with Crippen LogP contribution in [0.2, 0.25) is 0 Å². The normalized spacial score (nSPS) is 28.3. The van der Waals surface area contributed by atoms with E-state index in [1.165, 1.54) is 25.3 Å². The summed E-state index contributed by atoms with van der Waals surface area (Å²) in [6.45, 7) is 0. The summed E-state index contributed by atoms with van der Waals surface area (Å²) >= 11 is 0. The summed E-state index contributed by atoms with van der Waals surface area (Å²) in [7, 11) is 0. The van der Waals surface area contributed by atoms with E-state index in [4.69, 9.17) is 0 Å². The largest absolute Gasteiger partial charge is 0.318 e. The van der Waals surface area contributed by atoms with Gasteiger partial charge in [0, 0.05) is 6.04 Å². The lowest BCUT2D eigenvalue weighted by molar-refractivity contribution is -0.133. The average Bonchev–Trinajstić information content (AvgIpc) is 3.22. The van der Waals surface area contributed by atoms with Crippen molar-refractivity contribution in [1.82, 2.24) is 10.2 Å². The highest BCUT2D eigenvalue weighted by atomic mass is 19.1. The van der Waals surface area contributed by atoms with Crippen LogP contribution in [0.3, 0.4) is 0 Å². The number of carbonyl (C=O) groups excluding carboxylic acids is 1. The molecule has 1 N–H and O–H groups in total. The van der Waals surface area contributed by atoms with Gasteiger partial charge in [-0.05, 0) is 43.4 Å². The number of halogens is 1. The maximum absolute atomic E-state index is 13.6. The van der Waals surface area contributed by atoms with Crippen molar-refractivity contribution in [3.05, 3.63) is 35.6 Å². The third kappa shape index (κ3) is 2.16. The Morgan fingerprint density at radius 1 is 1.19 bits per heavy atom. The van der Waals surface area contributed by atoms with Crippen LogP contribution in [0.5, 0.6) is 0 Å². The summed E-state index contributed by atoms with van der Waals surface area (Å²) in [6, 6.07) is 6.98. The summed E-state index contributed by atoms with van der Waals surface area (Å²) in [5, 5.41) is 3.49. The van der Waals surface area contributed by atoms with Crippen molar-refractivity contribution in [3.63, 3.8) is 0 Å². The molecule has 1 spiro atoms. The first-order valence-electron chi connectivity index (χ1n) is 8.06. The van der Waals surface area contributed by atoms with Gasteiger partial charge < -0.3 is 4.90 Å². The summed E-state index contributed by atoms with van der Waals surface area (Å²) < 4.78 is 13.6. The number of carbonyl (C=O) groups is 1. The van der Waals surface area contributed by atoms with Crippen molar-refractivity contribution in [3.8, 4) is 0 Å². The van der Waals surface area contributed by atoms with Crippen LogP contribution < -0.4 is 5.32 Å². The number of hydrogen-bond acceptors (Lipinski definition) is 2. The SMILES string of the molecule is O=C1N(C2CCCCC2)C(c2cccc(F)c2)NC12CC2. The molecule has 3 aliphatic rings. The number of hydrogen-bond donors (Lipinski definition) is 1. The third-order valence-corrected chi connectivity index (χ3v) is 5.22. The molecule has 112 valence electrons. The molecule has 1 unspecified atom stereocenters. The first kappa shape index (κ1) is 13.3. The van der Waals surface area contributed by atoms with Gasteiger partial charge in [0.1, 0.15) is 17.5 Å². The zero-order chi connectivity index (χ0) is 14.4. The quantitative estimate of drug-likeness (QED) is 0.907. The van der Waals surface area contributed by atoms with Gasteiger partial charge in [0.2, 0.25) is 5.91 Å². The first-order chi connectivity index (χ1) is 10.2. The molecule has 0 bridgehead atoms. The van der Waals surface area contributed by atoms with Crippen molar-refractivity contribution in [2.24, 2.45) is 0 Å².